The van der Waals surface area contributed by atoms with Gasteiger partial charge in [-0.2, -0.15) is 5.10 Å². The maximum absolute atomic E-state index is 13.0. The summed E-state index contributed by atoms with van der Waals surface area (Å²) < 4.78 is 27.3. The third kappa shape index (κ3) is 4.42. The Morgan fingerprint density at radius 3 is 2.55 bits per heavy atom. The van der Waals surface area contributed by atoms with E-state index in [2.05, 4.69) is 10.4 Å². The van der Waals surface area contributed by atoms with Gasteiger partial charge in [0.1, 0.15) is 22.3 Å². The summed E-state index contributed by atoms with van der Waals surface area (Å²) in [6, 6.07) is 13.2. The van der Waals surface area contributed by atoms with Crippen LogP contribution < -0.4 is 11.1 Å². The van der Waals surface area contributed by atoms with Gasteiger partial charge in [-0.3, -0.25) is 4.79 Å². The van der Waals surface area contributed by atoms with E-state index < -0.39 is 15.7 Å². The lowest BCUT2D eigenvalue weighted by atomic mass is 10.2. The number of aryl methyl sites for hydroxylation is 1. The first-order chi connectivity index (χ1) is 13.7. The summed E-state index contributed by atoms with van der Waals surface area (Å²) >= 11 is 7.29. The molecular formula is C19H19ClN4O3S2. The van der Waals surface area contributed by atoms with Crippen LogP contribution in [0.4, 0.5) is 11.5 Å². The van der Waals surface area contributed by atoms with Gasteiger partial charge in [-0.1, -0.05) is 35.9 Å². The van der Waals surface area contributed by atoms with E-state index in [1.807, 2.05) is 13.0 Å². The van der Waals surface area contributed by atoms with Crippen LogP contribution >= 0.6 is 23.4 Å². The lowest BCUT2D eigenvalue weighted by Gasteiger charge is -2.09. The van der Waals surface area contributed by atoms with Crippen molar-refractivity contribution in [2.45, 2.75) is 28.3 Å². The molecule has 1 aromatic heterocycles. The zero-order chi connectivity index (χ0) is 21.2. The predicted octanol–water partition coefficient (Wildman–Crippen LogP) is 3.62. The molecule has 0 saturated heterocycles. The van der Waals surface area contributed by atoms with Crippen LogP contribution in [0.1, 0.15) is 5.56 Å². The molecule has 2 aromatic carbocycles. The van der Waals surface area contributed by atoms with Gasteiger partial charge >= 0.3 is 0 Å². The van der Waals surface area contributed by atoms with Crippen LogP contribution in [0.3, 0.4) is 0 Å². The smallest absolute Gasteiger partial charge is 0.246 e. The van der Waals surface area contributed by atoms with E-state index in [-0.39, 0.29) is 27.2 Å². The molecule has 0 unspecified atom stereocenters. The van der Waals surface area contributed by atoms with Crippen molar-refractivity contribution >= 4 is 50.6 Å². The molecule has 7 nitrogen and oxygen atoms in total. The number of halogens is 1. The molecule has 0 atom stereocenters. The minimum atomic E-state index is -3.88. The number of hydrogen-bond acceptors (Lipinski definition) is 6. The number of carbonyl (C=O) groups excluding carboxylic acids is 1. The molecule has 0 bridgehead atoms. The lowest BCUT2D eigenvalue weighted by molar-refractivity contribution is -0.116. The third-order valence-corrected chi connectivity index (χ3v) is 7.07. The summed E-state index contributed by atoms with van der Waals surface area (Å²) in [6.45, 7) is 1.63. The molecule has 3 aromatic rings. The fourth-order valence-electron chi connectivity index (χ4n) is 2.71. The third-order valence-electron chi connectivity index (χ3n) is 4.12. The molecule has 0 fully saturated rings. The highest BCUT2D eigenvalue weighted by Crippen LogP contribution is 2.34. The van der Waals surface area contributed by atoms with E-state index >= 15 is 0 Å². The Morgan fingerprint density at radius 2 is 1.93 bits per heavy atom. The van der Waals surface area contributed by atoms with Crippen molar-refractivity contribution in [3.05, 3.63) is 59.1 Å². The minimum Gasteiger partial charge on any atom is -0.383 e. The summed E-state index contributed by atoms with van der Waals surface area (Å²) in [5, 5.41) is 7.54. The number of rotatable bonds is 6. The summed E-state index contributed by atoms with van der Waals surface area (Å²) in [7, 11) is -3.88. The average Bonchev–Trinajstić information content (AvgIpc) is 3.01. The highest BCUT2D eigenvalue weighted by molar-refractivity contribution is 7.99. The van der Waals surface area contributed by atoms with E-state index in [9.17, 15) is 13.2 Å². The minimum absolute atomic E-state index is 0.0941. The Bertz CT molecular complexity index is 1160. The zero-order valence-corrected chi connectivity index (χ0v) is 18.1. The standard InChI is InChI=1S/C19H19ClN4O3S2/c1-12-8-9-15(14(20)10-12)22-16(25)11-24-18(21)17(19(23-24)28-2)29(26,27)13-6-4-3-5-7-13/h3-10H,11,21H2,1-2H3,(H,22,25). The van der Waals surface area contributed by atoms with Crippen molar-refractivity contribution in [3.8, 4) is 0 Å². The number of hydrogen-bond donors (Lipinski definition) is 2. The molecule has 0 aliphatic rings. The molecule has 0 aliphatic carbocycles. The number of aromatic nitrogens is 2. The number of benzene rings is 2. The van der Waals surface area contributed by atoms with Gasteiger partial charge in [-0.05, 0) is 43.0 Å². The van der Waals surface area contributed by atoms with Crippen molar-refractivity contribution in [1.82, 2.24) is 9.78 Å². The number of amides is 1. The Balaban J connectivity index is 1.91. The topological polar surface area (TPSA) is 107 Å². The highest BCUT2D eigenvalue weighted by Gasteiger charge is 2.29. The Hall–Kier alpha value is -2.49. The summed E-state index contributed by atoms with van der Waals surface area (Å²) in [4.78, 5) is 12.5. The molecule has 0 saturated carbocycles. The Labute approximate surface area is 178 Å². The molecule has 29 heavy (non-hydrogen) atoms. The van der Waals surface area contributed by atoms with Gasteiger partial charge in [0.05, 0.1) is 15.6 Å². The molecule has 0 aliphatic heterocycles. The fourth-order valence-corrected chi connectivity index (χ4v) is 5.44. The SMILES string of the molecule is CSc1nn(CC(=O)Nc2ccc(C)cc2Cl)c(N)c1S(=O)(=O)c1ccccc1. The lowest BCUT2D eigenvalue weighted by Crippen LogP contribution is -2.21. The maximum Gasteiger partial charge on any atom is 0.246 e. The first kappa shape index (κ1) is 21.2. The molecule has 1 amide bonds. The van der Waals surface area contributed by atoms with Crippen LogP contribution in [0, 0.1) is 6.92 Å². The quantitative estimate of drug-likeness (QED) is 0.555. The van der Waals surface area contributed by atoms with Gasteiger partial charge in [0.25, 0.3) is 0 Å². The second-order valence-corrected chi connectivity index (χ2v) is 9.32. The van der Waals surface area contributed by atoms with E-state index in [1.165, 1.54) is 16.8 Å². The average molecular weight is 451 g/mol. The van der Waals surface area contributed by atoms with Gasteiger partial charge in [0.15, 0.2) is 0 Å². The normalized spacial score (nSPS) is 11.4. The number of nitrogens with zero attached hydrogens (tertiary/aromatic N) is 2. The summed E-state index contributed by atoms with van der Waals surface area (Å²) in [6.07, 6.45) is 1.70. The molecule has 0 spiro atoms. The predicted molar refractivity (Wildman–Crippen MR) is 115 cm³/mol. The van der Waals surface area contributed by atoms with Gasteiger partial charge < -0.3 is 11.1 Å². The number of carbonyl (C=O) groups is 1. The van der Waals surface area contributed by atoms with Gasteiger partial charge in [0.2, 0.25) is 15.7 Å². The Morgan fingerprint density at radius 1 is 1.24 bits per heavy atom. The van der Waals surface area contributed by atoms with E-state index in [4.69, 9.17) is 17.3 Å². The number of thioether (sulfide) groups is 1. The molecule has 1 heterocycles. The van der Waals surface area contributed by atoms with Crippen molar-refractivity contribution in [2.24, 2.45) is 0 Å². The zero-order valence-electron chi connectivity index (χ0n) is 15.7. The highest BCUT2D eigenvalue weighted by atomic mass is 35.5. The first-order valence-corrected chi connectivity index (χ1v) is 11.6. The second-order valence-electron chi connectivity index (χ2n) is 6.23. The number of nitrogens with one attached hydrogen (secondary N) is 1. The number of sulfone groups is 1. The van der Waals surface area contributed by atoms with Crippen molar-refractivity contribution < 1.29 is 13.2 Å². The Kier molecular flexibility index (Phi) is 6.21. The molecule has 3 N–H and O–H groups in total. The molecule has 3 rings (SSSR count). The molecule has 10 heteroatoms. The van der Waals surface area contributed by atoms with Crippen LogP contribution in [0.2, 0.25) is 5.02 Å². The van der Waals surface area contributed by atoms with Crippen molar-refractivity contribution in [1.29, 1.82) is 0 Å². The summed E-state index contributed by atoms with van der Waals surface area (Å²) in [5.41, 5.74) is 7.51. The van der Waals surface area contributed by atoms with Crippen LogP contribution in [-0.4, -0.2) is 30.4 Å². The number of anilines is 2. The van der Waals surface area contributed by atoms with Crippen LogP contribution in [-0.2, 0) is 21.2 Å². The summed E-state index contributed by atoms with van der Waals surface area (Å²) in [5.74, 6) is -0.523. The molecular weight excluding hydrogens is 432 g/mol. The van der Waals surface area contributed by atoms with E-state index in [0.717, 1.165) is 17.3 Å². The monoisotopic (exact) mass is 450 g/mol. The second kappa shape index (κ2) is 8.48. The fraction of sp³-hybridized carbons (Fsp3) is 0.158. The van der Waals surface area contributed by atoms with Crippen LogP contribution in [0.25, 0.3) is 0 Å². The molecule has 152 valence electrons. The van der Waals surface area contributed by atoms with Gasteiger partial charge in [-0.25, -0.2) is 13.1 Å². The molecule has 0 radical (unpaired) electrons. The number of nitrogens with two attached hydrogens (primary N) is 1. The maximum atomic E-state index is 13.0. The van der Waals surface area contributed by atoms with E-state index in [0.29, 0.717) is 10.7 Å². The van der Waals surface area contributed by atoms with Crippen molar-refractivity contribution in [2.75, 3.05) is 17.3 Å². The van der Waals surface area contributed by atoms with E-state index in [1.54, 1.807) is 36.6 Å². The van der Waals surface area contributed by atoms with Gasteiger partial charge in [-0.15, -0.1) is 11.8 Å². The number of nitrogen functional groups attached to an aromatic ring is 1. The largest absolute Gasteiger partial charge is 0.383 e. The van der Waals surface area contributed by atoms with Crippen LogP contribution in [0.5, 0.6) is 0 Å². The van der Waals surface area contributed by atoms with Gasteiger partial charge in [0, 0.05) is 0 Å². The van der Waals surface area contributed by atoms with Crippen molar-refractivity contribution in [3.63, 3.8) is 0 Å². The van der Waals surface area contributed by atoms with Crippen LogP contribution in [0.15, 0.2) is 63.3 Å². The first-order valence-electron chi connectivity index (χ1n) is 8.50.